The minimum atomic E-state index is -0.710. The molecule has 1 fully saturated rings. The van der Waals surface area contributed by atoms with Crippen LogP contribution in [0.4, 0.5) is 10.1 Å². The molecule has 1 saturated heterocycles. The minimum Gasteiger partial charge on any atom is -0.347 e. The van der Waals surface area contributed by atoms with Gasteiger partial charge in [-0.3, -0.25) is 14.4 Å². The molecule has 2 aliphatic heterocycles. The molecule has 0 aliphatic carbocycles. The van der Waals surface area contributed by atoms with Gasteiger partial charge in [0, 0.05) is 32.9 Å². The van der Waals surface area contributed by atoms with Crippen LogP contribution in [0.5, 0.6) is 0 Å². The first-order valence-electron chi connectivity index (χ1n) is 10.5. The largest absolute Gasteiger partial charge is 0.347 e. The van der Waals surface area contributed by atoms with Gasteiger partial charge in [0.05, 0.1) is 11.8 Å². The van der Waals surface area contributed by atoms with Crippen LogP contribution in [0.15, 0.2) is 48.5 Å². The van der Waals surface area contributed by atoms with Crippen molar-refractivity contribution in [3.8, 4) is 0 Å². The number of likely N-dealkylation sites (tertiary alicyclic amines) is 1. The first-order chi connectivity index (χ1) is 14.8. The smallest absolute Gasteiger partial charge is 0.242 e. The van der Waals surface area contributed by atoms with E-state index in [4.69, 9.17) is 0 Å². The van der Waals surface area contributed by atoms with Gasteiger partial charge in [0.1, 0.15) is 12.4 Å². The molecule has 162 valence electrons. The number of piperidine rings is 1. The van der Waals surface area contributed by atoms with Crippen LogP contribution in [0, 0.1) is 5.82 Å². The number of benzene rings is 2. The van der Waals surface area contributed by atoms with Gasteiger partial charge in [0.15, 0.2) is 0 Å². The Morgan fingerprint density at radius 1 is 1.06 bits per heavy atom. The number of nitrogens with zero attached hydrogens (tertiary/aromatic N) is 3. The Bertz CT molecular complexity index is 1030. The molecule has 2 aromatic carbocycles. The van der Waals surface area contributed by atoms with E-state index in [0.717, 1.165) is 11.3 Å². The number of para-hydroxylation sites is 1. The number of amides is 3. The van der Waals surface area contributed by atoms with E-state index in [1.165, 1.54) is 17.0 Å². The first-order valence-corrected chi connectivity index (χ1v) is 10.5. The Kier molecular flexibility index (Phi) is 5.52. The van der Waals surface area contributed by atoms with E-state index >= 15 is 0 Å². The molecule has 6 nitrogen and oxygen atoms in total. The van der Waals surface area contributed by atoms with E-state index in [1.807, 2.05) is 24.3 Å². The Labute approximate surface area is 181 Å². The van der Waals surface area contributed by atoms with Gasteiger partial charge in [0.25, 0.3) is 0 Å². The number of halogens is 1. The van der Waals surface area contributed by atoms with Crippen molar-refractivity contribution >= 4 is 23.4 Å². The van der Waals surface area contributed by atoms with Gasteiger partial charge in [-0.1, -0.05) is 30.3 Å². The fraction of sp³-hybridized carbons (Fsp3) is 0.375. The maximum Gasteiger partial charge on any atom is 0.242 e. The van der Waals surface area contributed by atoms with Gasteiger partial charge in [-0.15, -0.1) is 0 Å². The van der Waals surface area contributed by atoms with Gasteiger partial charge in [-0.2, -0.15) is 0 Å². The van der Waals surface area contributed by atoms with Crippen LogP contribution in [-0.4, -0.2) is 61.3 Å². The summed E-state index contributed by atoms with van der Waals surface area (Å²) < 4.78 is 13.4. The van der Waals surface area contributed by atoms with Gasteiger partial charge in [0.2, 0.25) is 17.7 Å². The third kappa shape index (κ3) is 3.80. The molecule has 4 rings (SSSR count). The van der Waals surface area contributed by atoms with Gasteiger partial charge in [-0.05, 0) is 42.2 Å². The van der Waals surface area contributed by atoms with Crippen molar-refractivity contribution < 1.29 is 18.8 Å². The summed E-state index contributed by atoms with van der Waals surface area (Å²) in [6.07, 6.45) is 1.15. The van der Waals surface area contributed by atoms with Crippen LogP contribution < -0.4 is 4.90 Å². The highest BCUT2D eigenvalue weighted by Crippen LogP contribution is 2.47. The molecule has 0 saturated carbocycles. The van der Waals surface area contributed by atoms with Crippen molar-refractivity contribution in [3.63, 3.8) is 0 Å². The highest BCUT2D eigenvalue weighted by molar-refractivity contribution is 6.10. The van der Waals surface area contributed by atoms with Gasteiger partial charge >= 0.3 is 0 Å². The summed E-state index contributed by atoms with van der Waals surface area (Å²) in [5, 5.41) is 0. The second-order valence-corrected chi connectivity index (χ2v) is 8.47. The molecule has 0 radical (unpaired) electrons. The van der Waals surface area contributed by atoms with E-state index in [0.29, 0.717) is 31.5 Å². The molecule has 0 N–H and O–H groups in total. The molecule has 2 heterocycles. The zero-order chi connectivity index (χ0) is 22.2. The zero-order valence-electron chi connectivity index (χ0n) is 17.8. The van der Waals surface area contributed by atoms with Gasteiger partial charge in [-0.25, -0.2) is 4.39 Å². The first kappa shape index (κ1) is 21.0. The standard InChI is InChI=1S/C24H26FN3O3/c1-26(2)22(30)16-28-20-9-4-3-8-19(20)24(23(28)31)10-12-27(13-11-24)21(29)15-17-6-5-7-18(25)14-17/h3-9,14H,10-13,15-16H2,1-2H3. The number of rotatable bonds is 4. The fourth-order valence-corrected chi connectivity index (χ4v) is 4.58. The molecule has 0 atom stereocenters. The van der Waals surface area contributed by atoms with Crippen molar-refractivity contribution in [2.45, 2.75) is 24.7 Å². The summed E-state index contributed by atoms with van der Waals surface area (Å²) in [6.45, 7) is 0.903. The normalized spacial score (nSPS) is 17.1. The van der Waals surface area contributed by atoms with Crippen LogP contribution >= 0.6 is 0 Å². The predicted molar refractivity (Wildman–Crippen MR) is 115 cm³/mol. The Morgan fingerprint density at radius 3 is 2.45 bits per heavy atom. The average Bonchev–Trinajstić information content (AvgIpc) is 2.97. The van der Waals surface area contributed by atoms with Gasteiger partial charge < -0.3 is 14.7 Å². The summed E-state index contributed by atoms with van der Waals surface area (Å²) in [5.41, 5.74) is 1.64. The van der Waals surface area contributed by atoms with Crippen molar-refractivity contribution in [2.24, 2.45) is 0 Å². The molecule has 3 amide bonds. The molecular formula is C24H26FN3O3. The lowest BCUT2D eigenvalue weighted by Crippen LogP contribution is -2.51. The maximum atomic E-state index is 13.5. The lowest BCUT2D eigenvalue weighted by atomic mass is 9.73. The number of hydrogen-bond donors (Lipinski definition) is 0. The highest BCUT2D eigenvalue weighted by Gasteiger charge is 2.52. The van der Waals surface area contributed by atoms with Crippen LogP contribution in [0.3, 0.4) is 0 Å². The van der Waals surface area contributed by atoms with Crippen LogP contribution in [0.1, 0.15) is 24.0 Å². The molecule has 1 spiro atoms. The van der Waals surface area contributed by atoms with Crippen LogP contribution in [-0.2, 0) is 26.2 Å². The maximum absolute atomic E-state index is 13.5. The van der Waals surface area contributed by atoms with E-state index in [-0.39, 0.29) is 36.5 Å². The quantitative estimate of drug-likeness (QED) is 0.759. The monoisotopic (exact) mass is 423 g/mol. The molecule has 0 unspecified atom stereocenters. The number of likely N-dealkylation sites (N-methyl/N-ethyl adjacent to an activating group) is 1. The number of anilines is 1. The molecule has 31 heavy (non-hydrogen) atoms. The topological polar surface area (TPSA) is 60.9 Å². The van der Waals surface area contributed by atoms with E-state index in [1.54, 1.807) is 36.0 Å². The lowest BCUT2D eigenvalue weighted by molar-refractivity contribution is -0.135. The SMILES string of the molecule is CN(C)C(=O)CN1C(=O)C2(CCN(C(=O)Cc3cccc(F)c3)CC2)c2ccccc21. The summed E-state index contributed by atoms with van der Waals surface area (Å²) in [4.78, 5) is 43.4. The molecule has 0 bridgehead atoms. The number of hydrogen-bond acceptors (Lipinski definition) is 3. The fourth-order valence-electron chi connectivity index (χ4n) is 4.58. The second-order valence-electron chi connectivity index (χ2n) is 8.47. The second kappa shape index (κ2) is 8.13. The average molecular weight is 423 g/mol. The van der Waals surface area contributed by atoms with Crippen LogP contribution in [0.25, 0.3) is 0 Å². The third-order valence-corrected chi connectivity index (χ3v) is 6.37. The third-order valence-electron chi connectivity index (χ3n) is 6.37. The minimum absolute atomic E-state index is 0.00676. The van der Waals surface area contributed by atoms with E-state index in [2.05, 4.69) is 0 Å². The molecule has 7 heteroatoms. The molecular weight excluding hydrogens is 397 g/mol. The Balaban J connectivity index is 1.51. The Morgan fingerprint density at radius 2 is 1.77 bits per heavy atom. The predicted octanol–water partition coefficient (Wildman–Crippen LogP) is 2.36. The summed E-state index contributed by atoms with van der Waals surface area (Å²) in [6, 6.07) is 13.7. The zero-order valence-corrected chi connectivity index (χ0v) is 17.8. The van der Waals surface area contributed by atoms with Crippen molar-refractivity contribution in [2.75, 3.05) is 38.6 Å². The summed E-state index contributed by atoms with van der Waals surface area (Å²) in [5.74, 6) is -0.633. The lowest BCUT2D eigenvalue weighted by Gasteiger charge is -2.38. The highest BCUT2D eigenvalue weighted by atomic mass is 19.1. The number of carbonyl (C=O) groups excluding carboxylic acids is 3. The van der Waals surface area contributed by atoms with Crippen molar-refractivity contribution in [3.05, 3.63) is 65.5 Å². The summed E-state index contributed by atoms with van der Waals surface area (Å²) >= 11 is 0. The van der Waals surface area contributed by atoms with E-state index < -0.39 is 5.41 Å². The van der Waals surface area contributed by atoms with E-state index in [9.17, 15) is 18.8 Å². The van der Waals surface area contributed by atoms with Crippen LogP contribution in [0.2, 0.25) is 0 Å². The van der Waals surface area contributed by atoms with Crippen molar-refractivity contribution in [1.82, 2.24) is 9.80 Å². The molecule has 2 aromatic rings. The molecule has 2 aliphatic rings. The number of carbonyl (C=O) groups is 3. The Hall–Kier alpha value is -3.22. The van der Waals surface area contributed by atoms with Crippen molar-refractivity contribution in [1.29, 1.82) is 0 Å². The number of fused-ring (bicyclic) bond motifs is 2. The molecule has 0 aromatic heterocycles. The summed E-state index contributed by atoms with van der Waals surface area (Å²) in [7, 11) is 3.35.